The van der Waals surface area contributed by atoms with Gasteiger partial charge in [-0.2, -0.15) is 13.2 Å². The Hall–Kier alpha value is -3.33. The summed E-state index contributed by atoms with van der Waals surface area (Å²) in [5.74, 6) is -0.821. The van der Waals surface area contributed by atoms with E-state index in [9.17, 15) is 27.9 Å². The van der Waals surface area contributed by atoms with Gasteiger partial charge in [0.1, 0.15) is 0 Å². The number of fused-ring (bicyclic) bond motifs is 3. The largest absolute Gasteiger partial charge is 0.416 e. The summed E-state index contributed by atoms with van der Waals surface area (Å²) in [5, 5.41) is 13.7. The van der Waals surface area contributed by atoms with Crippen molar-refractivity contribution in [1.29, 1.82) is 0 Å². The number of nitrogens with two attached hydrogens (primary N) is 1. The number of aliphatic hydroxyl groups is 1. The predicted molar refractivity (Wildman–Crippen MR) is 126 cm³/mol. The highest BCUT2D eigenvalue weighted by molar-refractivity contribution is 6.06. The molecule has 9 heteroatoms. The van der Waals surface area contributed by atoms with Crippen LogP contribution in [-0.4, -0.2) is 33.6 Å². The molecule has 0 saturated heterocycles. The van der Waals surface area contributed by atoms with Crippen LogP contribution in [0.1, 0.15) is 64.9 Å². The van der Waals surface area contributed by atoms with Crippen molar-refractivity contribution < 1.29 is 27.9 Å². The SMILES string of the molecule is NC(=O)c1ccc(-c2c3n(c4cc(C(F)(F)F)ccc24)C(=O)CCC3)cc1N[C@H]1CC[C@H](O)CC1. The number of nitrogens with one attached hydrogen (secondary N) is 1. The van der Waals surface area contributed by atoms with Gasteiger partial charge in [0.15, 0.2) is 0 Å². The van der Waals surface area contributed by atoms with E-state index in [-0.39, 0.29) is 30.0 Å². The number of alkyl halides is 3. The first kappa shape index (κ1) is 23.4. The molecule has 1 aliphatic carbocycles. The van der Waals surface area contributed by atoms with Crippen LogP contribution in [0.25, 0.3) is 22.0 Å². The Bertz CT molecular complexity index is 1320. The molecule has 0 atom stereocenters. The Balaban J connectivity index is 1.66. The quantitative estimate of drug-likeness (QED) is 0.478. The monoisotopic (exact) mass is 485 g/mol. The number of anilines is 1. The van der Waals surface area contributed by atoms with E-state index in [4.69, 9.17) is 5.73 Å². The number of primary amides is 1. The highest BCUT2D eigenvalue weighted by Gasteiger charge is 2.33. The van der Waals surface area contributed by atoms with Crippen molar-refractivity contribution in [3.8, 4) is 11.1 Å². The molecule has 1 saturated carbocycles. The van der Waals surface area contributed by atoms with Gasteiger partial charge in [-0.3, -0.25) is 14.2 Å². The number of rotatable bonds is 4. The number of carbonyl (C=O) groups is 2. The maximum Gasteiger partial charge on any atom is 0.416 e. The highest BCUT2D eigenvalue weighted by Crippen LogP contribution is 2.41. The Kier molecular flexibility index (Phi) is 5.83. The summed E-state index contributed by atoms with van der Waals surface area (Å²) in [6, 6.07) is 8.68. The first-order chi connectivity index (χ1) is 16.6. The topological polar surface area (TPSA) is 97.4 Å². The van der Waals surface area contributed by atoms with Gasteiger partial charge in [0.2, 0.25) is 5.91 Å². The molecular weight excluding hydrogens is 459 g/mol. The molecule has 2 aliphatic rings. The third-order valence-electron chi connectivity index (χ3n) is 7.08. The van der Waals surface area contributed by atoms with Crippen LogP contribution in [0.5, 0.6) is 0 Å². The van der Waals surface area contributed by atoms with Crippen LogP contribution in [0.3, 0.4) is 0 Å². The number of nitrogens with zero attached hydrogens (tertiary/aromatic N) is 1. The minimum atomic E-state index is -4.52. The molecule has 35 heavy (non-hydrogen) atoms. The van der Waals surface area contributed by atoms with Crippen molar-refractivity contribution >= 4 is 28.4 Å². The van der Waals surface area contributed by atoms with Crippen molar-refractivity contribution in [3.05, 3.63) is 53.2 Å². The fraction of sp³-hybridized carbons (Fsp3) is 0.385. The number of hydrogen-bond acceptors (Lipinski definition) is 4. The smallest absolute Gasteiger partial charge is 0.393 e. The first-order valence-corrected chi connectivity index (χ1v) is 11.8. The number of amides is 1. The Labute approximate surface area is 199 Å². The summed E-state index contributed by atoms with van der Waals surface area (Å²) >= 11 is 0. The molecule has 0 bridgehead atoms. The van der Waals surface area contributed by atoms with E-state index in [1.807, 2.05) is 0 Å². The van der Waals surface area contributed by atoms with Crippen molar-refractivity contribution in [2.45, 2.75) is 63.3 Å². The standard InChI is InChI=1S/C26H26F3N3O3/c27-26(28,29)15-5-11-19-22(13-15)32-21(2-1-3-23(32)34)24(19)14-4-10-18(25(30)35)20(12-14)31-16-6-8-17(33)9-7-16/h4-5,10-13,16-17,31,33H,1-3,6-9H2,(H2,30,35)/t16-,17-. The highest BCUT2D eigenvalue weighted by atomic mass is 19.4. The molecule has 1 aromatic heterocycles. The third-order valence-corrected chi connectivity index (χ3v) is 7.08. The summed E-state index contributed by atoms with van der Waals surface area (Å²) in [4.78, 5) is 24.9. The lowest BCUT2D eigenvalue weighted by Gasteiger charge is -2.28. The van der Waals surface area contributed by atoms with Gasteiger partial charge >= 0.3 is 6.18 Å². The van der Waals surface area contributed by atoms with E-state index in [1.165, 1.54) is 10.6 Å². The van der Waals surface area contributed by atoms with Gasteiger partial charge < -0.3 is 16.2 Å². The molecule has 184 valence electrons. The Morgan fingerprint density at radius 3 is 2.49 bits per heavy atom. The molecule has 1 aliphatic heterocycles. The lowest BCUT2D eigenvalue weighted by molar-refractivity contribution is -0.137. The van der Waals surface area contributed by atoms with E-state index in [0.717, 1.165) is 25.0 Å². The number of carbonyl (C=O) groups excluding carboxylic acids is 2. The van der Waals surface area contributed by atoms with Crippen LogP contribution < -0.4 is 11.1 Å². The average molecular weight is 486 g/mol. The van der Waals surface area contributed by atoms with Gasteiger partial charge in [-0.15, -0.1) is 0 Å². The molecule has 1 amide bonds. The maximum atomic E-state index is 13.4. The average Bonchev–Trinajstić information content (AvgIpc) is 3.14. The fourth-order valence-corrected chi connectivity index (χ4v) is 5.35. The summed E-state index contributed by atoms with van der Waals surface area (Å²) in [6.07, 6.45) is -0.617. The minimum absolute atomic E-state index is 0.0577. The van der Waals surface area contributed by atoms with E-state index < -0.39 is 17.6 Å². The van der Waals surface area contributed by atoms with E-state index in [0.29, 0.717) is 59.1 Å². The first-order valence-electron chi connectivity index (χ1n) is 11.8. The molecule has 2 aromatic carbocycles. The summed E-state index contributed by atoms with van der Waals surface area (Å²) in [7, 11) is 0. The number of aliphatic hydroxyl groups excluding tert-OH is 1. The van der Waals surface area contributed by atoms with Crippen molar-refractivity contribution in [2.75, 3.05) is 5.32 Å². The lowest BCUT2D eigenvalue weighted by Crippen LogP contribution is -2.29. The van der Waals surface area contributed by atoms with E-state index in [2.05, 4.69) is 5.32 Å². The van der Waals surface area contributed by atoms with Crippen molar-refractivity contribution in [2.24, 2.45) is 5.73 Å². The van der Waals surface area contributed by atoms with Crippen LogP contribution in [0.15, 0.2) is 36.4 Å². The molecule has 6 nitrogen and oxygen atoms in total. The normalized spacial score (nSPS) is 20.6. The number of halogens is 3. The van der Waals surface area contributed by atoms with Gasteiger partial charge in [-0.1, -0.05) is 12.1 Å². The third kappa shape index (κ3) is 4.29. The molecule has 2 heterocycles. The summed E-state index contributed by atoms with van der Waals surface area (Å²) in [6.45, 7) is 0. The summed E-state index contributed by atoms with van der Waals surface area (Å²) < 4.78 is 41.7. The van der Waals surface area contributed by atoms with Crippen LogP contribution in [0.2, 0.25) is 0 Å². The molecular formula is C26H26F3N3O3. The Morgan fingerprint density at radius 1 is 1.06 bits per heavy atom. The number of aromatic nitrogens is 1. The zero-order valence-corrected chi connectivity index (χ0v) is 19.0. The van der Waals surface area contributed by atoms with Gasteiger partial charge in [0, 0.05) is 34.8 Å². The number of benzene rings is 2. The molecule has 0 spiro atoms. The zero-order valence-electron chi connectivity index (χ0n) is 19.0. The fourth-order valence-electron chi connectivity index (χ4n) is 5.35. The van der Waals surface area contributed by atoms with Gasteiger partial charge in [-0.25, -0.2) is 0 Å². The second-order valence-electron chi connectivity index (χ2n) is 9.41. The maximum absolute atomic E-state index is 13.4. The minimum Gasteiger partial charge on any atom is -0.393 e. The molecule has 3 aromatic rings. The molecule has 1 fully saturated rings. The molecule has 0 radical (unpaired) electrons. The second kappa shape index (κ2) is 8.71. The van der Waals surface area contributed by atoms with Crippen LogP contribution in [0.4, 0.5) is 18.9 Å². The van der Waals surface area contributed by atoms with Gasteiger partial charge in [0.05, 0.1) is 22.7 Å². The predicted octanol–water partition coefficient (Wildman–Crippen LogP) is 5.12. The zero-order chi connectivity index (χ0) is 24.9. The Morgan fingerprint density at radius 2 is 1.80 bits per heavy atom. The second-order valence-corrected chi connectivity index (χ2v) is 9.41. The van der Waals surface area contributed by atoms with Crippen LogP contribution in [-0.2, 0) is 12.6 Å². The van der Waals surface area contributed by atoms with E-state index >= 15 is 0 Å². The number of hydrogen-bond donors (Lipinski definition) is 3. The van der Waals surface area contributed by atoms with Gasteiger partial charge in [0.25, 0.3) is 5.91 Å². The lowest BCUT2D eigenvalue weighted by atomic mass is 9.92. The molecule has 4 N–H and O–H groups in total. The van der Waals surface area contributed by atoms with Gasteiger partial charge in [-0.05, 0) is 68.4 Å². The molecule has 0 unspecified atom stereocenters. The molecule has 5 rings (SSSR count). The van der Waals surface area contributed by atoms with E-state index in [1.54, 1.807) is 18.2 Å². The van der Waals surface area contributed by atoms with Crippen molar-refractivity contribution in [3.63, 3.8) is 0 Å². The summed E-state index contributed by atoms with van der Waals surface area (Å²) in [5.41, 5.74) is 7.97. The van der Waals surface area contributed by atoms with Crippen LogP contribution in [0, 0.1) is 0 Å². The van der Waals surface area contributed by atoms with Crippen molar-refractivity contribution in [1.82, 2.24) is 4.57 Å². The van der Waals surface area contributed by atoms with Crippen LogP contribution >= 0.6 is 0 Å².